The van der Waals surface area contributed by atoms with Gasteiger partial charge in [-0.3, -0.25) is 19.3 Å². The summed E-state index contributed by atoms with van der Waals surface area (Å²) in [5.74, 6) is -0.851. The zero-order valence-electron chi connectivity index (χ0n) is 17.4. The third-order valence-corrected chi connectivity index (χ3v) is 5.29. The van der Waals surface area contributed by atoms with Crippen LogP contribution in [0.25, 0.3) is 10.9 Å². The molecule has 3 heterocycles. The molecule has 2 amide bonds. The second-order valence-corrected chi connectivity index (χ2v) is 7.78. The maximum atomic E-state index is 13.3. The fraction of sp³-hybridized carbons (Fsp3) is 0.174. The summed E-state index contributed by atoms with van der Waals surface area (Å²) in [6.45, 7) is 0.227. The lowest BCUT2D eigenvalue weighted by atomic mass is 10.1. The number of aryl methyl sites for hydroxylation is 2. The van der Waals surface area contributed by atoms with Crippen LogP contribution in [0.1, 0.15) is 28.0 Å². The summed E-state index contributed by atoms with van der Waals surface area (Å²) >= 11 is 6.04. The number of rotatable bonds is 7. The minimum absolute atomic E-state index is 0.0479. The molecular weight excluding hydrogens is 428 g/mol. The van der Waals surface area contributed by atoms with Crippen molar-refractivity contribution >= 4 is 40.0 Å². The Balaban J connectivity index is 1.67. The molecular formula is C23H21ClN6O2. The van der Waals surface area contributed by atoms with Crippen LogP contribution in [0.3, 0.4) is 0 Å². The number of pyridine rings is 2. The third-order valence-electron chi connectivity index (χ3n) is 5.07. The van der Waals surface area contributed by atoms with Gasteiger partial charge in [-0.1, -0.05) is 23.7 Å². The van der Waals surface area contributed by atoms with Crippen LogP contribution in [0, 0.1) is 0 Å². The molecule has 8 nitrogen and oxygen atoms in total. The first-order chi connectivity index (χ1) is 15.4. The Morgan fingerprint density at radius 3 is 2.59 bits per heavy atom. The molecule has 0 aliphatic rings. The number of hydrogen-bond acceptors (Lipinski definition) is 5. The van der Waals surface area contributed by atoms with Gasteiger partial charge >= 0.3 is 0 Å². The number of carbonyl (C=O) groups is 2. The van der Waals surface area contributed by atoms with E-state index in [4.69, 9.17) is 17.3 Å². The molecule has 2 N–H and O–H groups in total. The molecule has 0 radical (unpaired) electrons. The van der Waals surface area contributed by atoms with Crippen LogP contribution in [-0.2, 0) is 24.8 Å². The maximum Gasteiger partial charge on any atom is 0.271 e. The van der Waals surface area contributed by atoms with Gasteiger partial charge in [0, 0.05) is 37.4 Å². The Morgan fingerprint density at radius 1 is 1.09 bits per heavy atom. The molecule has 9 heteroatoms. The molecule has 0 saturated carbocycles. The molecule has 0 aliphatic heterocycles. The molecule has 3 aromatic heterocycles. The van der Waals surface area contributed by atoms with E-state index in [1.807, 2.05) is 36.4 Å². The minimum Gasteiger partial charge on any atom is -0.364 e. The van der Waals surface area contributed by atoms with E-state index < -0.39 is 5.91 Å². The predicted octanol–water partition coefficient (Wildman–Crippen LogP) is 3.28. The van der Waals surface area contributed by atoms with Gasteiger partial charge in [0.25, 0.3) is 5.91 Å². The standard InChI is InChI=1S/C23H21ClN6O2/c1-29-14-19(22(28-29)23(25)32)30(21(31)7-3-15-8-10-26-11-9-15)13-16-2-4-17-5-6-20(24)27-18(17)12-16/h2,4-6,8-12,14H,3,7,13H2,1H3,(H2,25,32). The van der Waals surface area contributed by atoms with Crippen LogP contribution < -0.4 is 10.6 Å². The van der Waals surface area contributed by atoms with Crippen molar-refractivity contribution in [2.45, 2.75) is 19.4 Å². The Morgan fingerprint density at radius 2 is 1.84 bits per heavy atom. The molecule has 0 spiro atoms. The molecule has 32 heavy (non-hydrogen) atoms. The molecule has 0 fully saturated rings. The lowest BCUT2D eigenvalue weighted by Gasteiger charge is -2.22. The molecule has 1 aromatic carbocycles. The van der Waals surface area contributed by atoms with E-state index >= 15 is 0 Å². The number of anilines is 1. The largest absolute Gasteiger partial charge is 0.364 e. The predicted molar refractivity (Wildman–Crippen MR) is 122 cm³/mol. The zero-order valence-corrected chi connectivity index (χ0v) is 18.2. The first-order valence-electron chi connectivity index (χ1n) is 9.98. The Bertz CT molecular complexity index is 1290. The van der Waals surface area contributed by atoms with E-state index in [-0.39, 0.29) is 24.6 Å². The van der Waals surface area contributed by atoms with Gasteiger partial charge in [0.2, 0.25) is 5.91 Å². The lowest BCUT2D eigenvalue weighted by molar-refractivity contribution is -0.118. The zero-order chi connectivity index (χ0) is 22.7. The minimum atomic E-state index is -0.695. The van der Waals surface area contributed by atoms with Gasteiger partial charge in [-0.25, -0.2) is 4.98 Å². The van der Waals surface area contributed by atoms with Crippen molar-refractivity contribution in [3.63, 3.8) is 0 Å². The second kappa shape index (κ2) is 9.15. The van der Waals surface area contributed by atoms with Gasteiger partial charge < -0.3 is 10.6 Å². The van der Waals surface area contributed by atoms with E-state index in [0.717, 1.165) is 22.0 Å². The van der Waals surface area contributed by atoms with Gasteiger partial charge in [0.1, 0.15) is 5.15 Å². The highest BCUT2D eigenvalue weighted by Crippen LogP contribution is 2.25. The van der Waals surface area contributed by atoms with Crippen molar-refractivity contribution in [3.8, 4) is 0 Å². The summed E-state index contributed by atoms with van der Waals surface area (Å²) in [6, 6.07) is 13.1. The summed E-state index contributed by atoms with van der Waals surface area (Å²) in [6.07, 6.45) is 5.79. The first kappa shape index (κ1) is 21.5. The monoisotopic (exact) mass is 448 g/mol. The maximum absolute atomic E-state index is 13.3. The third kappa shape index (κ3) is 4.76. The van der Waals surface area contributed by atoms with Crippen LogP contribution in [0.5, 0.6) is 0 Å². The number of halogens is 1. The average molecular weight is 449 g/mol. The molecule has 4 aromatic rings. The van der Waals surface area contributed by atoms with Gasteiger partial charge in [-0.15, -0.1) is 0 Å². The molecule has 0 aliphatic carbocycles. The van der Waals surface area contributed by atoms with Crippen molar-refractivity contribution in [3.05, 3.63) is 83.0 Å². The fourth-order valence-electron chi connectivity index (χ4n) is 3.51. The topological polar surface area (TPSA) is 107 Å². The average Bonchev–Trinajstić information content (AvgIpc) is 3.18. The second-order valence-electron chi connectivity index (χ2n) is 7.40. The molecule has 4 rings (SSSR count). The molecule has 162 valence electrons. The number of fused-ring (bicyclic) bond motifs is 1. The number of nitrogens with zero attached hydrogens (tertiary/aromatic N) is 5. The highest BCUT2D eigenvalue weighted by Gasteiger charge is 2.24. The van der Waals surface area contributed by atoms with Crippen LogP contribution in [0.4, 0.5) is 5.69 Å². The quantitative estimate of drug-likeness (QED) is 0.436. The van der Waals surface area contributed by atoms with E-state index in [1.54, 1.807) is 36.6 Å². The van der Waals surface area contributed by atoms with Gasteiger partial charge in [0.05, 0.1) is 17.7 Å². The van der Waals surface area contributed by atoms with Crippen molar-refractivity contribution in [2.75, 3.05) is 4.90 Å². The van der Waals surface area contributed by atoms with Gasteiger partial charge in [-0.2, -0.15) is 5.10 Å². The molecule has 0 bridgehead atoms. The highest BCUT2D eigenvalue weighted by atomic mass is 35.5. The Hall–Kier alpha value is -3.78. The number of hydrogen-bond donors (Lipinski definition) is 1. The van der Waals surface area contributed by atoms with E-state index in [1.165, 1.54) is 4.68 Å². The number of carbonyl (C=O) groups excluding carboxylic acids is 2. The van der Waals surface area contributed by atoms with Crippen molar-refractivity contribution in [1.29, 1.82) is 0 Å². The van der Waals surface area contributed by atoms with E-state index in [9.17, 15) is 9.59 Å². The van der Waals surface area contributed by atoms with Crippen molar-refractivity contribution < 1.29 is 9.59 Å². The number of nitrogens with two attached hydrogens (primary N) is 1. The van der Waals surface area contributed by atoms with Crippen LogP contribution >= 0.6 is 11.6 Å². The summed E-state index contributed by atoms with van der Waals surface area (Å²) in [5.41, 5.74) is 8.51. The van der Waals surface area contributed by atoms with Gasteiger partial charge in [0.15, 0.2) is 5.69 Å². The Kier molecular flexibility index (Phi) is 6.13. The summed E-state index contributed by atoms with van der Waals surface area (Å²) in [5, 5.41) is 5.47. The summed E-state index contributed by atoms with van der Waals surface area (Å²) in [4.78, 5) is 35.2. The SMILES string of the molecule is Cn1cc(N(Cc2ccc3ccc(Cl)nc3c2)C(=O)CCc2ccncc2)c(C(N)=O)n1. The molecule has 0 unspecified atom stereocenters. The van der Waals surface area contributed by atoms with Crippen LogP contribution in [-0.4, -0.2) is 31.6 Å². The van der Waals surface area contributed by atoms with E-state index in [2.05, 4.69) is 15.1 Å². The normalized spacial score (nSPS) is 10.9. The number of primary amides is 1. The first-order valence-corrected chi connectivity index (χ1v) is 10.4. The molecule has 0 atom stereocenters. The van der Waals surface area contributed by atoms with Crippen LogP contribution in [0.2, 0.25) is 5.15 Å². The van der Waals surface area contributed by atoms with Crippen molar-refractivity contribution in [2.24, 2.45) is 12.8 Å². The summed E-state index contributed by atoms with van der Waals surface area (Å²) in [7, 11) is 1.68. The smallest absolute Gasteiger partial charge is 0.271 e. The fourth-order valence-corrected chi connectivity index (χ4v) is 3.67. The number of aromatic nitrogens is 4. The van der Waals surface area contributed by atoms with Gasteiger partial charge in [-0.05, 0) is 47.9 Å². The lowest BCUT2D eigenvalue weighted by Crippen LogP contribution is -2.32. The van der Waals surface area contributed by atoms with Crippen LogP contribution in [0.15, 0.2) is 61.1 Å². The number of amides is 2. The van der Waals surface area contributed by atoms with E-state index in [0.29, 0.717) is 17.3 Å². The molecule has 0 saturated heterocycles. The van der Waals surface area contributed by atoms with Crippen molar-refractivity contribution in [1.82, 2.24) is 19.7 Å². The summed E-state index contributed by atoms with van der Waals surface area (Å²) < 4.78 is 1.47. The highest BCUT2D eigenvalue weighted by molar-refractivity contribution is 6.29. The number of benzene rings is 1. The Labute approximate surface area is 189 Å².